The molecule has 2 heterocycles. The summed E-state index contributed by atoms with van der Waals surface area (Å²) in [6, 6.07) is 10.7. The maximum Gasteiger partial charge on any atom is 0.259 e. The predicted octanol–water partition coefficient (Wildman–Crippen LogP) is 2.69. The molecule has 0 saturated carbocycles. The largest absolute Gasteiger partial charge is 0.493 e. The first-order valence-corrected chi connectivity index (χ1v) is 12.0. The fourth-order valence-electron chi connectivity index (χ4n) is 3.21. The van der Waals surface area contributed by atoms with E-state index in [1.165, 1.54) is 43.1 Å². The second-order valence-electron chi connectivity index (χ2n) is 7.44. The maximum absolute atomic E-state index is 13.5. The minimum absolute atomic E-state index is 0.142. The van der Waals surface area contributed by atoms with Crippen molar-refractivity contribution in [3.8, 4) is 11.8 Å². The van der Waals surface area contributed by atoms with Crippen molar-refractivity contribution in [2.24, 2.45) is 0 Å². The Labute approximate surface area is 192 Å². The number of carbonyl (C=O) groups is 1. The second-order valence-corrected chi connectivity index (χ2v) is 9.71. The van der Waals surface area contributed by atoms with Crippen molar-refractivity contribution in [3.05, 3.63) is 95.4 Å². The Bertz CT molecular complexity index is 1390. The van der Waals surface area contributed by atoms with Gasteiger partial charge in [-0.25, -0.2) is 18.4 Å². The molecule has 0 radical (unpaired) electrons. The average Bonchev–Trinajstić information content (AvgIpc) is 3.24. The van der Waals surface area contributed by atoms with Crippen LogP contribution in [0.15, 0.2) is 67.1 Å². The van der Waals surface area contributed by atoms with Crippen molar-refractivity contribution in [1.82, 2.24) is 25.1 Å². The third kappa shape index (κ3) is 5.00. The van der Waals surface area contributed by atoms with E-state index in [-0.39, 0.29) is 16.8 Å². The molecule has 0 saturated heterocycles. The Kier molecular flexibility index (Phi) is 6.23. The van der Waals surface area contributed by atoms with E-state index in [4.69, 9.17) is 0 Å². The number of rotatable bonds is 6. The highest BCUT2D eigenvalue weighted by Crippen LogP contribution is 2.34. The Balaban J connectivity index is 1.65. The number of benzene rings is 2. The van der Waals surface area contributed by atoms with Crippen molar-refractivity contribution in [2.45, 2.75) is 6.04 Å². The van der Waals surface area contributed by atoms with Crippen LogP contribution in [0.1, 0.15) is 27.5 Å². The first-order chi connectivity index (χ1) is 16.1. The number of carbonyl (C=O) groups excluding carboxylic acids is 1. The molecule has 0 bridgehead atoms. The molecule has 2 aromatic carbocycles. The fourth-order valence-corrected chi connectivity index (χ4v) is 3.91. The highest BCUT2D eigenvalue weighted by Gasteiger charge is 2.23. The predicted molar refractivity (Wildman–Crippen MR) is 118 cm³/mol. The van der Waals surface area contributed by atoms with Gasteiger partial charge in [0.1, 0.15) is 11.4 Å². The minimum Gasteiger partial charge on any atom is -0.493 e. The third-order valence-corrected chi connectivity index (χ3v) is 6.20. The van der Waals surface area contributed by atoms with Crippen LogP contribution in [-0.4, -0.2) is 42.3 Å². The van der Waals surface area contributed by atoms with E-state index in [2.05, 4.69) is 20.4 Å². The van der Waals surface area contributed by atoms with Gasteiger partial charge in [-0.3, -0.25) is 9.36 Å². The Morgan fingerprint density at radius 2 is 1.65 bits per heavy atom. The number of amides is 1. The summed E-state index contributed by atoms with van der Waals surface area (Å²) in [5.74, 6) is -2.63. The number of nitrogens with zero attached hydrogens (tertiary/aromatic N) is 4. The van der Waals surface area contributed by atoms with Crippen molar-refractivity contribution in [3.63, 3.8) is 0 Å². The van der Waals surface area contributed by atoms with E-state index in [9.17, 15) is 28.1 Å². The molecule has 2 aromatic heterocycles. The average molecular weight is 485 g/mol. The molecule has 1 amide bonds. The van der Waals surface area contributed by atoms with Crippen LogP contribution < -0.4 is 10.6 Å². The number of hydrogen-bond acceptors (Lipinski definition) is 6. The molecule has 0 aliphatic heterocycles. The molecule has 4 rings (SSSR count). The lowest BCUT2D eigenvalue weighted by molar-refractivity contribution is 0.0939. The van der Waals surface area contributed by atoms with Crippen LogP contribution in [0.4, 0.5) is 8.78 Å². The van der Waals surface area contributed by atoms with Crippen molar-refractivity contribution in [1.29, 1.82) is 0 Å². The van der Waals surface area contributed by atoms with Gasteiger partial charge < -0.3 is 15.3 Å². The normalized spacial score (nSPS) is 13.8. The van der Waals surface area contributed by atoms with Gasteiger partial charge in [-0.05, 0) is 35.4 Å². The molecular formula is C22H18F2N5O4P. The lowest BCUT2D eigenvalue weighted by Gasteiger charge is -2.21. The number of aromatic nitrogens is 4. The molecule has 0 fully saturated rings. The van der Waals surface area contributed by atoms with Crippen LogP contribution in [0.25, 0.3) is 5.95 Å². The van der Waals surface area contributed by atoms with Crippen molar-refractivity contribution < 1.29 is 28.1 Å². The molecule has 0 aliphatic rings. The van der Waals surface area contributed by atoms with Crippen LogP contribution in [-0.2, 0) is 4.57 Å². The van der Waals surface area contributed by atoms with Gasteiger partial charge in [-0.2, -0.15) is 10.1 Å². The van der Waals surface area contributed by atoms with Crippen LogP contribution in [0, 0.1) is 11.6 Å². The summed E-state index contributed by atoms with van der Waals surface area (Å²) >= 11 is 0. The van der Waals surface area contributed by atoms with Gasteiger partial charge in [0.05, 0.1) is 18.4 Å². The van der Waals surface area contributed by atoms with Crippen molar-refractivity contribution >= 4 is 18.6 Å². The van der Waals surface area contributed by atoms with E-state index in [1.807, 2.05) is 0 Å². The van der Waals surface area contributed by atoms with Gasteiger partial charge >= 0.3 is 0 Å². The fraction of sp³-hybridized carbons (Fsp3) is 0.0909. The topological polar surface area (TPSA) is 130 Å². The molecule has 0 aliphatic carbocycles. The quantitative estimate of drug-likeness (QED) is 0.358. The van der Waals surface area contributed by atoms with Gasteiger partial charge in [0.15, 0.2) is 5.82 Å². The van der Waals surface area contributed by atoms with Gasteiger partial charge in [0.2, 0.25) is 13.2 Å². The van der Waals surface area contributed by atoms with Gasteiger partial charge in [-0.15, -0.1) is 0 Å². The summed E-state index contributed by atoms with van der Waals surface area (Å²) in [4.78, 5) is 30.5. The van der Waals surface area contributed by atoms with Gasteiger partial charge in [-0.1, -0.05) is 24.3 Å². The molecule has 12 heteroatoms. The summed E-state index contributed by atoms with van der Waals surface area (Å²) in [6.07, 6.45) is 3.01. The van der Waals surface area contributed by atoms with E-state index in [1.54, 1.807) is 12.1 Å². The zero-order valence-corrected chi connectivity index (χ0v) is 18.5. The first kappa shape index (κ1) is 23.2. The van der Waals surface area contributed by atoms with Gasteiger partial charge in [0, 0.05) is 18.2 Å². The molecule has 34 heavy (non-hydrogen) atoms. The lowest BCUT2D eigenvalue weighted by Crippen LogP contribution is -2.30. The van der Waals surface area contributed by atoms with E-state index < -0.39 is 36.8 Å². The molecule has 1 unspecified atom stereocenters. The Morgan fingerprint density at radius 3 is 2.18 bits per heavy atom. The molecular weight excluding hydrogens is 467 g/mol. The zero-order chi connectivity index (χ0) is 24.5. The highest BCUT2D eigenvalue weighted by atomic mass is 31.2. The molecule has 3 N–H and O–H groups in total. The molecule has 0 spiro atoms. The molecule has 2 atom stereocenters. The standard InChI is InChI=1S/C22H18F2N5O4P/c1-34(32,33)17-8-4-14(5-9-17)19(13-2-6-15(23)7-3-13)27-20(30)18-11-25-22(28-21(18)31)29-12-16(24)10-26-29/h2-12,19H,1H3,(H,27,30)(H,32,33)(H,25,28,31)/t19-/m0/s1. The Hall–Kier alpha value is -3.95. The van der Waals surface area contributed by atoms with E-state index in [0.29, 0.717) is 11.1 Å². The SMILES string of the molecule is CP(=O)(O)c1ccc([C@@H](NC(=O)c2cnc(-n3cc(F)cn3)nc2O)c2ccc(F)cc2)cc1. The molecule has 9 nitrogen and oxygen atoms in total. The van der Waals surface area contributed by atoms with Crippen LogP contribution in [0.2, 0.25) is 0 Å². The van der Waals surface area contributed by atoms with Crippen LogP contribution in [0.3, 0.4) is 0 Å². The monoisotopic (exact) mass is 485 g/mol. The van der Waals surface area contributed by atoms with E-state index >= 15 is 0 Å². The maximum atomic E-state index is 13.5. The van der Waals surface area contributed by atoms with Crippen LogP contribution in [0.5, 0.6) is 5.88 Å². The molecule has 4 aromatic rings. The Morgan fingerprint density at radius 1 is 1.03 bits per heavy atom. The molecule has 174 valence electrons. The summed E-state index contributed by atoms with van der Waals surface area (Å²) in [6.45, 7) is 1.21. The van der Waals surface area contributed by atoms with E-state index in [0.717, 1.165) is 23.3 Å². The highest BCUT2D eigenvalue weighted by molar-refractivity contribution is 7.65. The second kappa shape index (κ2) is 9.12. The lowest BCUT2D eigenvalue weighted by atomic mass is 9.98. The number of aromatic hydroxyl groups is 1. The summed E-state index contributed by atoms with van der Waals surface area (Å²) < 4.78 is 39.6. The number of hydrogen-bond donors (Lipinski definition) is 3. The van der Waals surface area contributed by atoms with Gasteiger partial charge in [0.25, 0.3) is 11.9 Å². The van der Waals surface area contributed by atoms with Crippen LogP contribution >= 0.6 is 7.37 Å². The minimum atomic E-state index is -3.47. The zero-order valence-electron chi connectivity index (χ0n) is 17.6. The van der Waals surface area contributed by atoms with Crippen molar-refractivity contribution in [2.75, 3.05) is 6.66 Å². The summed E-state index contributed by atoms with van der Waals surface area (Å²) in [7, 11) is -3.47. The smallest absolute Gasteiger partial charge is 0.259 e. The first-order valence-electron chi connectivity index (χ1n) is 9.85. The number of halogens is 2. The summed E-state index contributed by atoms with van der Waals surface area (Å²) in [5, 5.41) is 17.0. The summed E-state index contributed by atoms with van der Waals surface area (Å²) in [5.41, 5.74) is 0.810. The third-order valence-electron chi connectivity index (χ3n) is 4.94. The number of nitrogens with one attached hydrogen (secondary N) is 1.